The quantitative estimate of drug-likeness (QED) is 0.140. The number of carboxylic acids is 2. The summed E-state index contributed by atoms with van der Waals surface area (Å²) < 4.78 is 37.7. The Morgan fingerprint density at radius 2 is 1.63 bits per heavy atom. The molecule has 3 unspecified atom stereocenters. The van der Waals surface area contributed by atoms with E-state index in [1.807, 2.05) is 18.2 Å². The van der Waals surface area contributed by atoms with Crippen LogP contribution in [0.4, 0.5) is 13.6 Å². The fourth-order valence-corrected chi connectivity index (χ4v) is 5.46. The van der Waals surface area contributed by atoms with E-state index >= 15 is 0 Å². The van der Waals surface area contributed by atoms with Gasteiger partial charge in [-0.2, -0.15) is 0 Å². The molecule has 19 heteroatoms. The summed E-state index contributed by atoms with van der Waals surface area (Å²) in [5.74, 6) is -7.66. The number of carboxylic acid groups (broad SMARTS) is 2. The van der Waals surface area contributed by atoms with Crippen LogP contribution in [0.5, 0.6) is 0 Å². The van der Waals surface area contributed by atoms with Gasteiger partial charge in [-0.05, 0) is 68.7 Å². The summed E-state index contributed by atoms with van der Waals surface area (Å²) in [5.41, 5.74) is 0.0637. The molecule has 3 atom stereocenters. The summed E-state index contributed by atoms with van der Waals surface area (Å²) in [7, 11) is 2.11. The van der Waals surface area contributed by atoms with Gasteiger partial charge in [-0.25, -0.2) is 37.8 Å². The average Bonchev–Trinajstić information content (AvgIpc) is 3.13. The number of nitrogens with zero attached hydrogens (tertiary/aromatic N) is 4. The summed E-state index contributed by atoms with van der Waals surface area (Å²) in [5, 5.41) is 36.8. The minimum absolute atomic E-state index is 0.0548. The number of aliphatic hydroxyl groups excluding tert-OH is 2. The molecule has 2 aromatic rings. The highest BCUT2D eigenvalue weighted by atomic mass is 19.2. The SMILES string of the molecule is COC(=O)C1=C(C(=O)OC)C(c2ccc(F)c(F)c2)N(N(C=O)CCCN2CCC(c3ccccn3)CC2)C(=O)N1.O=C(O)C(O)C(O)C(=O)O. The zero-order chi connectivity index (χ0) is 37.8. The van der Waals surface area contributed by atoms with Crippen molar-refractivity contribution in [3.63, 3.8) is 0 Å². The van der Waals surface area contributed by atoms with E-state index in [-0.39, 0.29) is 12.1 Å². The van der Waals surface area contributed by atoms with E-state index in [0.29, 0.717) is 25.3 Å². The van der Waals surface area contributed by atoms with E-state index < -0.39 is 71.1 Å². The highest BCUT2D eigenvalue weighted by Crippen LogP contribution is 2.36. The van der Waals surface area contributed by atoms with Gasteiger partial charge in [0.25, 0.3) is 0 Å². The first-order chi connectivity index (χ1) is 24.2. The molecule has 0 spiro atoms. The molecular formula is C32H37F2N5O12. The second-order valence-electron chi connectivity index (χ2n) is 11.2. The highest BCUT2D eigenvalue weighted by molar-refractivity contribution is 6.05. The average molecular weight is 722 g/mol. The molecule has 3 heterocycles. The number of urea groups is 1. The van der Waals surface area contributed by atoms with Crippen LogP contribution in [0.2, 0.25) is 0 Å². The molecule has 2 aliphatic rings. The number of amides is 3. The minimum atomic E-state index is -2.27. The second-order valence-corrected chi connectivity index (χ2v) is 11.2. The van der Waals surface area contributed by atoms with Crippen LogP contribution in [0.25, 0.3) is 0 Å². The van der Waals surface area contributed by atoms with Gasteiger partial charge in [0.2, 0.25) is 6.41 Å². The van der Waals surface area contributed by atoms with E-state index in [2.05, 4.69) is 15.2 Å². The molecule has 51 heavy (non-hydrogen) atoms. The first-order valence-corrected chi connectivity index (χ1v) is 15.4. The van der Waals surface area contributed by atoms with Crippen LogP contribution >= 0.6 is 0 Å². The number of aromatic nitrogens is 1. The van der Waals surface area contributed by atoms with Crippen LogP contribution in [0.1, 0.15) is 42.5 Å². The van der Waals surface area contributed by atoms with Gasteiger partial charge >= 0.3 is 29.9 Å². The van der Waals surface area contributed by atoms with Gasteiger partial charge in [0.05, 0.1) is 19.8 Å². The number of rotatable bonds is 13. The molecule has 1 saturated heterocycles. The normalized spacial score (nSPS) is 17.6. The number of likely N-dealkylation sites (tertiary alicyclic amines) is 1. The van der Waals surface area contributed by atoms with Crippen LogP contribution in [0.3, 0.4) is 0 Å². The molecule has 0 aliphatic carbocycles. The van der Waals surface area contributed by atoms with E-state index in [1.165, 1.54) is 0 Å². The standard InChI is InChI=1S/C28H31F2N5O6.C4H6O6/c1-40-26(37)23-24(27(38)41-2)32-28(39)35(25(23)19-7-8-20(29)21(30)16-19)34(17-36)13-5-12-33-14-9-18(10-15-33)22-6-3-4-11-31-22;5-1(3(7)8)2(6)4(9)10/h3-4,6-8,11,16-18,25H,5,9-10,12-15H2,1-2H3,(H,32,39);1-2,5-6H,(H,7,8)(H,9,10). The van der Waals surface area contributed by atoms with Crippen molar-refractivity contribution in [3.05, 3.63) is 76.8 Å². The van der Waals surface area contributed by atoms with Crippen molar-refractivity contribution in [1.29, 1.82) is 0 Å². The lowest BCUT2D eigenvalue weighted by Crippen LogP contribution is -2.57. The van der Waals surface area contributed by atoms with Crippen LogP contribution in [-0.2, 0) is 33.4 Å². The number of carbonyl (C=O) groups is 6. The molecule has 2 aliphatic heterocycles. The minimum Gasteiger partial charge on any atom is -0.479 e. The number of aliphatic carboxylic acids is 2. The molecule has 276 valence electrons. The van der Waals surface area contributed by atoms with Gasteiger partial charge in [0.15, 0.2) is 23.8 Å². The molecule has 0 bridgehead atoms. The van der Waals surface area contributed by atoms with Crippen LogP contribution in [0, 0.1) is 11.6 Å². The number of benzene rings is 1. The number of aliphatic hydroxyl groups is 2. The van der Waals surface area contributed by atoms with Crippen molar-refractivity contribution < 1.29 is 67.4 Å². The molecule has 5 N–H and O–H groups in total. The summed E-state index contributed by atoms with van der Waals surface area (Å²) in [4.78, 5) is 77.2. The van der Waals surface area contributed by atoms with Gasteiger partial charge in [-0.15, -0.1) is 0 Å². The number of halogens is 2. The van der Waals surface area contributed by atoms with Gasteiger partial charge in [-0.1, -0.05) is 12.1 Å². The maximum absolute atomic E-state index is 14.3. The van der Waals surface area contributed by atoms with E-state index in [1.54, 1.807) is 6.20 Å². The Kier molecular flexibility index (Phi) is 14.4. The first-order valence-electron chi connectivity index (χ1n) is 15.4. The maximum Gasteiger partial charge on any atom is 0.355 e. The number of esters is 2. The number of carbonyl (C=O) groups excluding carboxylic acids is 4. The van der Waals surface area contributed by atoms with Crippen LogP contribution < -0.4 is 5.32 Å². The predicted molar refractivity (Wildman–Crippen MR) is 168 cm³/mol. The zero-order valence-corrected chi connectivity index (χ0v) is 27.5. The fraction of sp³-hybridized carbons (Fsp3) is 0.406. The summed E-state index contributed by atoms with van der Waals surface area (Å²) in [6, 6.07) is 6.20. The molecule has 0 saturated carbocycles. The van der Waals surface area contributed by atoms with E-state index in [4.69, 9.17) is 29.9 Å². The predicted octanol–water partition coefficient (Wildman–Crippen LogP) is 0.547. The highest BCUT2D eigenvalue weighted by Gasteiger charge is 2.45. The van der Waals surface area contributed by atoms with Gasteiger partial charge in [0, 0.05) is 24.4 Å². The number of piperidine rings is 1. The summed E-state index contributed by atoms with van der Waals surface area (Å²) >= 11 is 0. The molecule has 4 rings (SSSR count). The largest absolute Gasteiger partial charge is 0.479 e. The lowest BCUT2D eigenvalue weighted by atomic mass is 9.93. The Balaban J connectivity index is 0.000000612. The number of hydrazine groups is 1. The Hall–Kier alpha value is -5.53. The number of pyridine rings is 1. The van der Waals surface area contributed by atoms with Crippen molar-refractivity contribution in [2.75, 3.05) is 40.4 Å². The number of ether oxygens (including phenoxy) is 2. The van der Waals surface area contributed by atoms with Gasteiger partial charge in [-0.3, -0.25) is 20.1 Å². The zero-order valence-electron chi connectivity index (χ0n) is 27.5. The molecule has 17 nitrogen and oxygen atoms in total. The molecular weight excluding hydrogens is 684 g/mol. The number of hydrogen-bond donors (Lipinski definition) is 5. The number of nitrogens with one attached hydrogen (secondary N) is 1. The third-order valence-electron chi connectivity index (χ3n) is 8.04. The van der Waals surface area contributed by atoms with Gasteiger partial charge < -0.3 is 34.8 Å². The van der Waals surface area contributed by atoms with Gasteiger partial charge in [0.1, 0.15) is 11.7 Å². The lowest BCUT2D eigenvalue weighted by Gasteiger charge is -2.42. The molecule has 1 aromatic heterocycles. The van der Waals surface area contributed by atoms with Crippen molar-refractivity contribution in [2.45, 2.75) is 43.4 Å². The van der Waals surface area contributed by atoms with Crippen molar-refractivity contribution >= 4 is 36.3 Å². The second kappa shape index (κ2) is 18.5. The molecule has 1 aromatic carbocycles. The Bertz CT molecular complexity index is 1600. The van der Waals surface area contributed by atoms with Crippen LogP contribution in [0.15, 0.2) is 53.9 Å². The Morgan fingerprint density at radius 1 is 1.00 bits per heavy atom. The smallest absolute Gasteiger partial charge is 0.355 e. The van der Waals surface area contributed by atoms with Crippen molar-refractivity contribution in [2.24, 2.45) is 0 Å². The topological polar surface area (TPSA) is 236 Å². The fourth-order valence-electron chi connectivity index (χ4n) is 5.46. The van der Waals surface area contributed by atoms with Crippen LogP contribution in [-0.4, -0.2) is 129 Å². The molecule has 3 amide bonds. The number of hydrogen-bond acceptors (Lipinski definition) is 12. The third-order valence-corrected chi connectivity index (χ3v) is 8.04. The third kappa shape index (κ3) is 10.0. The maximum atomic E-state index is 14.3. The monoisotopic (exact) mass is 721 g/mol. The van der Waals surface area contributed by atoms with E-state index in [0.717, 1.165) is 74.1 Å². The Labute approximate surface area is 289 Å². The molecule has 1 fully saturated rings. The summed E-state index contributed by atoms with van der Waals surface area (Å²) in [6.07, 6.45) is -0.0139. The molecule has 0 radical (unpaired) electrons. The first kappa shape index (κ1) is 39.9. The summed E-state index contributed by atoms with van der Waals surface area (Å²) in [6.45, 7) is 2.35. The van der Waals surface area contributed by atoms with Crippen molar-refractivity contribution in [1.82, 2.24) is 25.2 Å². The van der Waals surface area contributed by atoms with E-state index in [9.17, 15) is 37.5 Å². The van der Waals surface area contributed by atoms with Crippen molar-refractivity contribution in [3.8, 4) is 0 Å². The Morgan fingerprint density at radius 3 is 2.14 bits per heavy atom. The lowest BCUT2D eigenvalue weighted by molar-refractivity contribution is -0.165. The number of methoxy groups -OCH3 is 2.